The number of ether oxygens (including phenoxy) is 1. The average Bonchev–Trinajstić information content (AvgIpc) is 2.66. The van der Waals surface area contributed by atoms with Crippen LogP contribution < -0.4 is 15.4 Å². The molecule has 0 aliphatic heterocycles. The van der Waals surface area contributed by atoms with E-state index in [1.165, 1.54) is 6.92 Å². The fourth-order valence-corrected chi connectivity index (χ4v) is 3.18. The molecule has 2 N–H and O–H groups in total. The van der Waals surface area contributed by atoms with Gasteiger partial charge in [0.25, 0.3) is 0 Å². The van der Waals surface area contributed by atoms with E-state index in [9.17, 15) is 9.59 Å². The molecule has 6 nitrogen and oxygen atoms in total. The van der Waals surface area contributed by atoms with Gasteiger partial charge in [0.2, 0.25) is 11.8 Å². The molecule has 0 aliphatic carbocycles. The molecule has 0 aromatic heterocycles. The van der Waals surface area contributed by atoms with Crippen LogP contribution in [0.3, 0.4) is 0 Å². The maximum absolute atomic E-state index is 13.1. The van der Waals surface area contributed by atoms with E-state index in [1.807, 2.05) is 42.3 Å². The van der Waals surface area contributed by atoms with Crippen molar-refractivity contribution in [3.8, 4) is 5.75 Å². The number of rotatable bonds is 9. The molecule has 2 rings (SSSR count). The first-order chi connectivity index (χ1) is 13.4. The van der Waals surface area contributed by atoms with E-state index in [0.717, 1.165) is 12.0 Å². The van der Waals surface area contributed by atoms with Gasteiger partial charge in [-0.15, -0.1) is 0 Å². The minimum Gasteiger partial charge on any atom is -0.495 e. The molecule has 0 fully saturated rings. The number of benzene rings is 2. The van der Waals surface area contributed by atoms with E-state index >= 15 is 0 Å². The van der Waals surface area contributed by atoms with Crippen molar-refractivity contribution in [2.45, 2.75) is 19.4 Å². The standard InChI is InChI=1S/C21H26ClN3O3/c1-15(26)23-12-7-13-25(2)20(16-8-5-4-6-9-16)21(27)24-17-10-11-19(28-3)18(22)14-17/h4-6,8-11,14,20H,7,12-13H2,1-3H3,(H,23,26)(H,24,27). The quantitative estimate of drug-likeness (QED) is 0.629. The maximum Gasteiger partial charge on any atom is 0.246 e. The lowest BCUT2D eigenvalue weighted by Gasteiger charge is -2.27. The minimum atomic E-state index is -0.473. The van der Waals surface area contributed by atoms with E-state index in [1.54, 1.807) is 25.3 Å². The van der Waals surface area contributed by atoms with Gasteiger partial charge < -0.3 is 15.4 Å². The second kappa shape index (κ2) is 10.7. The van der Waals surface area contributed by atoms with Gasteiger partial charge >= 0.3 is 0 Å². The van der Waals surface area contributed by atoms with Crippen LogP contribution in [0.5, 0.6) is 5.75 Å². The zero-order valence-corrected chi connectivity index (χ0v) is 17.1. The predicted molar refractivity (Wildman–Crippen MR) is 112 cm³/mol. The Kier molecular flexibility index (Phi) is 8.29. The Balaban J connectivity index is 2.13. The van der Waals surface area contributed by atoms with Crippen molar-refractivity contribution in [2.75, 3.05) is 32.6 Å². The number of nitrogens with zero attached hydrogens (tertiary/aromatic N) is 1. The number of likely N-dealkylation sites (N-methyl/N-ethyl adjacent to an activating group) is 1. The summed E-state index contributed by atoms with van der Waals surface area (Å²) in [6.45, 7) is 2.71. The molecular formula is C21H26ClN3O3. The minimum absolute atomic E-state index is 0.0589. The molecule has 2 aromatic rings. The summed E-state index contributed by atoms with van der Waals surface area (Å²) in [7, 11) is 3.44. The van der Waals surface area contributed by atoms with Crippen molar-refractivity contribution in [3.05, 3.63) is 59.1 Å². The van der Waals surface area contributed by atoms with Crippen LogP contribution in [0.25, 0.3) is 0 Å². The zero-order chi connectivity index (χ0) is 20.5. The second-order valence-electron chi connectivity index (χ2n) is 6.47. The Morgan fingerprint density at radius 2 is 1.89 bits per heavy atom. The molecule has 2 amide bonds. The molecule has 0 saturated heterocycles. The molecule has 7 heteroatoms. The Labute approximate surface area is 170 Å². The Morgan fingerprint density at radius 3 is 2.50 bits per heavy atom. The van der Waals surface area contributed by atoms with Crippen LogP contribution in [0.1, 0.15) is 24.9 Å². The molecule has 0 heterocycles. The largest absolute Gasteiger partial charge is 0.495 e. The van der Waals surface area contributed by atoms with E-state index in [4.69, 9.17) is 16.3 Å². The smallest absolute Gasteiger partial charge is 0.246 e. The van der Waals surface area contributed by atoms with Gasteiger partial charge in [0.05, 0.1) is 12.1 Å². The maximum atomic E-state index is 13.1. The number of halogens is 1. The highest BCUT2D eigenvalue weighted by Crippen LogP contribution is 2.28. The third kappa shape index (κ3) is 6.25. The lowest BCUT2D eigenvalue weighted by molar-refractivity contribution is -0.121. The predicted octanol–water partition coefficient (Wildman–Crippen LogP) is 3.49. The molecule has 150 valence electrons. The Hall–Kier alpha value is -2.57. The number of hydrogen-bond donors (Lipinski definition) is 2. The molecule has 0 aliphatic rings. The average molecular weight is 404 g/mol. The van der Waals surface area contributed by atoms with E-state index in [2.05, 4.69) is 10.6 Å². The van der Waals surface area contributed by atoms with Crippen molar-refractivity contribution in [1.29, 1.82) is 0 Å². The number of hydrogen-bond acceptors (Lipinski definition) is 4. The fraction of sp³-hybridized carbons (Fsp3) is 0.333. The number of carbonyl (C=O) groups is 2. The first-order valence-corrected chi connectivity index (χ1v) is 9.44. The molecule has 0 radical (unpaired) electrons. The van der Waals surface area contributed by atoms with Gasteiger partial charge in [-0.25, -0.2) is 0 Å². The molecule has 0 bridgehead atoms. The second-order valence-corrected chi connectivity index (χ2v) is 6.88. The van der Waals surface area contributed by atoms with Crippen molar-refractivity contribution < 1.29 is 14.3 Å². The SMILES string of the molecule is COc1ccc(NC(=O)C(c2ccccc2)N(C)CCCNC(C)=O)cc1Cl. The van der Waals surface area contributed by atoms with E-state index in [-0.39, 0.29) is 11.8 Å². The van der Waals surface area contributed by atoms with Crippen molar-refractivity contribution >= 4 is 29.1 Å². The molecular weight excluding hydrogens is 378 g/mol. The van der Waals surface area contributed by atoms with Gasteiger partial charge in [0.15, 0.2) is 0 Å². The van der Waals surface area contributed by atoms with Gasteiger partial charge in [0, 0.05) is 25.7 Å². The monoisotopic (exact) mass is 403 g/mol. The number of methoxy groups -OCH3 is 1. The highest BCUT2D eigenvalue weighted by Gasteiger charge is 2.25. The highest BCUT2D eigenvalue weighted by molar-refractivity contribution is 6.32. The highest BCUT2D eigenvalue weighted by atomic mass is 35.5. The van der Waals surface area contributed by atoms with E-state index in [0.29, 0.717) is 29.5 Å². The molecule has 0 spiro atoms. The summed E-state index contributed by atoms with van der Waals surface area (Å²) in [5, 5.41) is 6.14. The van der Waals surface area contributed by atoms with Crippen LogP contribution in [0.4, 0.5) is 5.69 Å². The molecule has 28 heavy (non-hydrogen) atoms. The lowest BCUT2D eigenvalue weighted by atomic mass is 10.0. The van der Waals surface area contributed by atoms with Crippen LogP contribution in [-0.4, -0.2) is 44.0 Å². The van der Waals surface area contributed by atoms with Crippen LogP contribution in [0.15, 0.2) is 48.5 Å². The normalized spacial score (nSPS) is 11.8. The lowest BCUT2D eigenvalue weighted by Crippen LogP contribution is -2.36. The fourth-order valence-electron chi connectivity index (χ4n) is 2.92. The van der Waals surface area contributed by atoms with Gasteiger partial charge in [-0.1, -0.05) is 41.9 Å². The summed E-state index contributed by atoms with van der Waals surface area (Å²) in [4.78, 5) is 26.1. The van der Waals surface area contributed by atoms with Crippen molar-refractivity contribution in [1.82, 2.24) is 10.2 Å². The number of anilines is 1. The van der Waals surface area contributed by atoms with Crippen molar-refractivity contribution in [3.63, 3.8) is 0 Å². The third-order valence-electron chi connectivity index (χ3n) is 4.29. The number of amides is 2. The van der Waals surface area contributed by atoms with Gasteiger partial charge in [-0.2, -0.15) is 0 Å². The summed E-state index contributed by atoms with van der Waals surface area (Å²) in [6.07, 6.45) is 0.737. The first kappa shape index (κ1) is 21.7. The van der Waals surface area contributed by atoms with Gasteiger partial charge in [-0.3, -0.25) is 14.5 Å². The zero-order valence-electron chi connectivity index (χ0n) is 16.4. The van der Waals surface area contributed by atoms with Gasteiger partial charge in [0.1, 0.15) is 11.8 Å². The van der Waals surface area contributed by atoms with Crippen LogP contribution in [0, 0.1) is 0 Å². The first-order valence-electron chi connectivity index (χ1n) is 9.06. The van der Waals surface area contributed by atoms with E-state index < -0.39 is 6.04 Å². The topological polar surface area (TPSA) is 70.7 Å². The summed E-state index contributed by atoms with van der Waals surface area (Å²) in [5.74, 6) is 0.334. The van der Waals surface area contributed by atoms with Gasteiger partial charge in [-0.05, 0) is 37.2 Å². The molecule has 1 unspecified atom stereocenters. The Bertz CT molecular complexity index is 799. The van der Waals surface area contributed by atoms with Crippen LogP contribution in [0.2, 0.25) is 5.02 Å². The molecule has 2 aromatic carbocycles. The van der Waals surface area contributed by atoms with Crippen LogP contribution in [-0.2, 0) is 9.59 Å². The summed E-state index contributed by atoms with van der Waals surface area (Å²) >= 11 is 6.16. The third-order valence-corrected chi connectivity index (χ3v) is 4.58. The Morgan fingerprint density at radius 1 is 1.18 bits per heavy atom. The number of nitrogens with one attached hydrogen (secondary N) is 2. The number of carbonyl (C=O) groups excluding carboxylic acids is 2. The summed E-state index contributed by atoms with van der Waals surface area (Å²) in [5.41, 5.74) is 1.49. The molecule has 0 saturated carbocycles. The summed E-state index contributed by atoms with van der Waals surface area (Å²) in [6, 6.07) is 14.2. The van der Waals surface area contributed by atoms with Crippen molar-refractivity contribution in [2.24, 2.45) is 0 Å². The summed E-state index contributed by atoms with van der Waals surface area (Å²) < 4.78 is 5.15. The molecule has 1 atom stereocenters. The van der Waals surface area contributed by atoms with Crippen LogP contribution >= 0.6 is 11.6 Å².